The van der Waals surface area contributed by atoms with Crippen molar-refractivity contribution in [1.82, 2.24) is 25.1 Å². The SMILES string of the molecule is CCOc1cc(N=Nc2c(N)nc(SCCS(=O)(=O)O)nc2N)c(OCC)cc1N=Nc1n[nH]c(C(=O)O)n1. The van der Waals surface area contributed by atoms with Crippen molar-refractivity contribution in [3.63, 3.8) is 0 Å². The van der Waals surface area contributed by atoms with Gasteiger partial charge in [0.1, 0.15) is 22.9 Å². The molecule has 0 amide bonds. The van der Waals surface area contributed by atoms with E-state index in [9.17, 15) is 13.2 Å². The van der Waals surface area contributed by atoms with E-state index in [1.54, 1.807) is 13.8 Å². The average molecular weight is 582 g/mol. The van der Waals surface area contributed by atoms with E-state index in [0.717, 1.165) is 11.8 Å². The van der Waals surface area contributed by atoms with Gasteiger partial charge in [-0.05, 0) is 13.8 Å². The van der Waals surface area contributed by atoms with Crippen LogP contribution >= 0.6 is 11.8 Å². The molecule has 0 aliphatic rings. The number of hydrogen-bond acceptors (Lipinski definition) is 16. The van der Waals surface area contributed by atoms with E-state index >= 15 is 0 Å². The van der Waals surface area contributed by atoms with Crippen molar-refractivity contribution >= 4 is 62.5 Å². The Morgan fingerprint density at radius 1 is 1.00 bits per heavy atom. The standard InChI is InChI=1S/C19H23N11O7S2/c1-3-36-11-8-10(26-29-18-24-16(17(31)32)28-30-18)12(37-4-2)7-9(11)25-27-13-14(20)22-19(23-15(13)21)38-5-6-39(33,34)35/h7-8H,3-6H2,1-2H3,(H,31,32)(H,24,28,30)(H,33,34,35)(H4,20,21,22,23). The van der Waals surface area contributed by atoms with Crippen LogP contribution in [0, 0.1) is 0 Å². The Hall–Kier alpha value is -4.43. The Kier molecular flexibility index (Phi) is 9.62. The molecule has 0 unspecified atom stereocenters. The number of nitrogens with zero attached hydrogens (tertiary/aromatic N) is 8. The van der Waals surface area contributed by atoms with Crippen molar-refractivity contribution in [2.45, 2.75) is 19.0 Å². The first-order valence-corrected chi connectivity index (χ1v) is 13.5. The van der Waals surface area contributed by atoms with Crippen LogP contribution in [0.1, 0.15) is 24.5 Å². The lowest BCUT2D eigenvalue weighted by molar-refractivity contribution is 0.0684. The van der Waals surface area contributed by atoms with Gasteiger partial charge in [-0.2, -0.15) is 13.4 Å². The number of aromatic nitrogens is 5. The number of ether oxygens (including phenoxy) is 2. The van der Waals surface area contributed by atoms with Crippen molar-refractivity contribution < 1.29 is 32.3 Å². The molecule has 1 aromatic carbocycles. The normalized spacial score (nSPS) is 11.9. The number of anilines is 2. The number of carboxylic acid groups (broad SMARTS) is 1. The van der Waals surface area contributed by atoms with Gasteiger partial charge in [0, 0.05) is 17.9 Å². The summed E-state index contributed by atoms with van der Waals surface area (Å²) in [6, 6.07) is 2.97. The van der Waals surface area contributed by atoms with Crippen LogP contribution in [0.25, 0.3) is 0 Å². The smallest absolute Gasteiger partial charge is 0.373 e. The van der Waals surface area contributed by atoms with Crippen LogP contribution < -0.4 is 20.9 Å². The van der Waals surface area contributed by atoms with Crippen molar-refractivity contribution in [2.24, 2.45) is 20.5 Å². The van der Waals surface area contributed by atoms with Crippen LogP contribution in [-0.2, 0) is 10.1 Å². The maximum atomic E-state index is 11.0. The number of H-pyrrole nitrogens is 1. The monoisotopic (exact) mass is 581 g/mol. The van der Waals surface area contributed by atoms with Gasteiger partial charge in [-0.3, -0.25) is 9.65 Å². The molecule has 0 fully saturated rings. The second kappa shape index (κ2) is 12.9. The van der Waals surface area contributed by atoms with Crippen molar-refractivity contribution in [3.05, 3.63) is 18.0 Å². The summed E-state index contributed by atoms with van der Waals surface area (Å²) < 4.78 is 41.9. The van der Waals surface area contributed by atoms with Gasteiger partial charge in [0.15, 0.2) is 22.5 Å². The molecule has 39 heavy (non-hydrogen) atoms. The number of nitrogen functional groups attached to an aromatic ring is 2. The number of rotatable bonds is 13. The fraction of sp³-hybridized carbons (Fsp3) is 0.316. The lowest BCUT2D eigenvalue weighted by atomic mass is 10.2. The summed E-state index contributed by atoms with van der Waals surface area (Å²) in [5, 5.41) is 31.0. The van der Waals surface area contributed by atoms with Gasteiger partial charge in [0.2, 0.25) is 5.82 Å². The molecule has 0 saturated heterocycles. The fourth-order valence-electron chi connectivity index (χ4n) is 2.71. The number of thioether (sulfide) groups is 1. The number of benzene rings is 1. The Labute approximate surface area is 225 Å². The number of nitrogens with two attached hydrogens (primary N) is 2. The van der Waals surface area contributed by atoms with E-state index in [-0.39, 0.29) is 70.3 Å². The van der Waals surface area contributed by atoms with E-state index in [4.69, 9.17) is 30.6 Å². The maximum absolute atomic E-state index is 11.0. The van der Waals surface area contributed by atoms with Gasteiger partial charge < -0.3 is 26.0 Å². The third-order valence-electron chi connectivity index (χ3n) is 4.31. The molecule has 2 heterocycles. The van der Waals surface area contributed by atoms with E-state index in [1.165, 1.54) is 12.1 Å². The molecule has 208 valence electrons. The summed E-state index contributed by atoms with van der Waals surface area (Å²) in [5.74, 6) is -2.15. The van der Waals surface area contributed by atoms with Gasteiger partial charge in [-0.1, -0.05) is 11.8 Å². The van der Waals surface area contributed by atoms with Crippen LogP contribution in [0.5, 0.6) is 11.5 Å². The number of aromatic carboxylic acids is 1. The van der Waals surface area contributed by atoms with Crippen LogP contribution in [0.2, 0.25) is 0 Å². The van der Waals surface area contributed by atoms with Crippen LogP contribution in [0.3, 0.4) is 0 Å². The molecule has 0 spiro atoms. The van der Waals surface area contributed by atoms with Crippen molar-refractivity contribution in [3.8, 4) is 11.5 Å². The molecule has 20 heteroatoms. The van der Waals surface area contributed by atoms with Crippen LogP contribution in [-0.4, -0.2) is 73.9 Å². The first-order chi connectivity index (χ1) is 18.5. The quantitative estimate of drug-likeness (QED) is 0.0839. The van der Waals surface area contributed by atoms with Gasteiger partial charge in [0.25, 0.3) is 16.1 Å². The minimum atomic E-state index is -4.14. The van der Waals surface area contributed by atoms with Crippen molar-refractivity contribution in [2.75, 3.05) is 36.2 Å². The molecule has 2 aromatic heterocycles. The third kappa shape index (κ3) is 8.28. The van der Waals surface area contributed by atoms with E-state index in [2.05, 4.69) is 45.6 Å². The molecule has 3 rings (SSSR count). The molecule has 7 N–H and O–H groups in total. The van der Waals surface area contributed by atoms with Gasteiger partial charge in [0.05, 0.1) is 19.0 Å². The molecular weight excluding hydrogens is 558 g/mol. The number of carbonyl (C=O) groups is 1. The van der Waals surface area contributed by atoms with Gasteiger partial charge >= 0.3 is 5.97 Å². The number of hydrogen-bond donors (Lipinski definition) is 5. The molecule has 3 aromatic rings. The summed E-state index contributed by atoms with van der Waals surface area (Å²) in [6.45, 7) is 4.03. The number of nitrogens with one attached hydrogen (secondary N) is 1. The zero-order chi connectivity index (χ0) is 28.6. The summed E-state index contributed by atoms with van der Waals surface area (Å²) in [7, 11) is -4.14. The molecule has 0 aliphatic heterocycles. The number of carboxylic acids is 1. The Balaban J connectivity index is 1.91. The minimum absolute atomic E-state index is 0.0167. The molecular formula is C19H23N11O7S2. The van der Waals surface area contributed by atoms with E-state index in [1.807, 2.05) is 0 Å². The highest BCUT2D eigenvalue weighted by molar-refractivity contribution is 8.00. The van der Waals surface area contributed by atoms with Gasteiger partial charge in [-0.25, -0.2) is 14.8 Å². The van der Waals surface area contributed by atoms with Gasteiger partial charge in [-0.15, -0.1) is 25.6 Å². The summed E-state index contributed by atoms with van der Waals surface area (Å²) >= 11 is 0.933. The molecule has 0 bridgehead atoms. The first-order valence-electron chi connectivity index (χ1n) is 10.9. The highest BCUT2D eigenvalue weighted by atomic mass is 32.2. The highest BCUT2D eigenvalue weighted by Crippen LogP contribution is 2.42. The number of azo groups is 2. The lowest BCUT2D eigenvalue weighted by Crippen LogP contribution is -2.07. The molecule has 0 saturated carbocycles. The first kappa shape index (κ1) is 29.1. The Bertz CT molecular complexity index is 1490. The summed E-state index contributed by atoms with van der Waals surface area (Å²) in [6.07, 6.45) is 0. The predicted octanol–water partition coefficient (Wildman–Crippen LogP) is 3.07. The minimum Gasteiger partial charge on any atom is -0.491 e. The van der Waals surface area contributed by atoms with E-state index < -0.39 is 27.7 Å². The maximum Gasteiger partial charge on any atom is 0.373 e. The zero-order valence-corrected chi connectivity index (χ0v) is 22.1. The Morgan fingerprint density at radius 3 is 2.05 bits per heavy atom. The largest absolute Gasteiger partial charge is 0.491 e. The second-order valence-electron chi connectivity index (χ2n) is 7.10. The lowest BCUT2D eigenvalue weighted by Gasteiger charge is -2.11. The Morgan fingerprint density at radius 2 is 1.56 bits per heavy atom. The highest BCUT2D eigenvalue weighted by Gasteiger charge is 2.16. The zero-order valence-electron chi connectivity index (χ0n) is 20.5. The topological polar surface area (TPSA) is 279 Å². The summed E-state index contributed by atoms with van der Waals surface area (Å²) in [4.78, 5) is 22.7. The fourth-order valence-corrected chi connectivity index (χ4v) is 4.39. The third-order valence-corrected chi connectivity index (χ3v) is 6.14. The molecule has 0 aliphatic carbocycles. The second-order valence-corrected chi connectivity index (χ2v) is 9.74. The predicted molar refractivity (Wildman–Crippen MR) is 138 cm³/mol. The summed E-state index contributed by atoms with van der Waals surface area (Å²) in [5.41, 5.74) is 12.3. The van der Waals surface area contributed by atoms with Crippen LogP contribution in [0.15, 0.2) is 37.7 Å². The number of aromatic amines is 1. The van der Waals surface area contributed by atoms with E-state index in [0.29, 0.717) is 0 Å². The molecule has 18 nitrogen and oxygen atoms in total. The molecule has 0 radical (unpaired) electrons. The molecule has 0 atom stereocenters. The van der Waals surface area contributed by atoms with Crippen LogP contribution in [0.4, 0.5) is 34.6 Å². The average Bonchev–Trinajstić information content (AvgIpc) is 3.33. The van der Waals surface area contributed by atoms with Crippen molar-refractivity contribution in [1.29, 1.82) is 0 Å².